The Bertz CT molecular complexity index is 707. The minimum Gasteiger partial charge on any atom is -0.465 e. The van der Waals surface area contributed by atoms with Crippen molar-refractivity contribution in [2.75, 3.05) is 31.7 Å². The predicted octanol–water partition coefficient (Wildman–Crippen LogP) is 3.34. The van der Waals surface area contributed by atoms with E-state index in [2.05, 4.69) is 28.9 Å². The zero-order valence-corrected chi connectivity index (χ0v) is 14.5. The molecule has 0 amide bonds. The molecule has 0 spiro atoms. The normalized spacial score (nSPS) is 21.3. The van der Waals surface area contributed by atoms with Crippen LogP contribution in [0.5, 0.6) is 0 Å². The Morgan fingerprint density at radius 2 is 2.17 bits per heavy atom. The number of anilines is 1. The van der Waals surface area contributed by atoms with Crippen molar-refractivity contribution in [2.45, 2.75) is 12.5 Å². The van der Waals surface area contributed by atoms with E-state index in [1.807, 2.05) is 18.2 Å². The minimum absolute atomic E-state index is 0.185. The first-order valence-corrected chi connectivity index (χ1v) is 8.42. The van der Waals surface area contributed by atoms with Gasteiger partial charge in [0, 0.05) is 6.54 Å². The molecule has 1 atom stereocenters. The van der Waals surface area contributed by atoms with Crippen molar-refractivity contribution in [3.63, 3.8) is 0 Å². The number of carbonyl (C=O) groups is 1. The number of ether oxygens (including phenoxy) is 2. The third-order valence-electron chi connectivity index (χ3n) is 3.87. The van der Waals surface area contributed by atoms with Gasteiger partial charge in [-0.2, -0.15) is 0 Å². The third kappa shape index (κ3) is 3.20. The Morgan fingerprint density at radius 1 is 1.43 bits per heavy atom. The maximum Gasteiger partial charge on any atom is 0.351 e. The predicted molar refractivity (Wildman–Crippen MR) is 90.4 cm³/mol. The van der Waals surface area contributed by atoms with Crippen LogP contribution in [-0.4, -0.2) is 37.8 Å². The quantitative estimate of drug-likeness (QED) is 0.793. The van der Waals surface area contributed by atoms with Gasteiger partial charge in [0.25, 0.3) is 0 Å². The van der Waals surface area contributed by atoms with E-state index in [1.54, 1.807) is 0 Å². The van der Waals surface area contributed by atoms with Crippen molar-refractivity contribution in [2.24, 2.45) is 0 Å². The van der Waals surface area contributed by atoms with Crippen LogP contribution < -0.4 is 4.90 Å². The van der Waals surface area contributed by atoms with Crippen molar-refractivity contribution < 1.29 is 14.3 Å². The van der Waals surface area contributed by atoms with Crippen LogP contribution in [0.2, 0.25) is 5.15 Å². The number of methoxy groups -OCH3 is 1. The van der Waals surface area contributed by atoms with Crippen molar-refractivity contribution in [3.8, 4) is 0 Å². The van der Waals surface area contributed by atoms with Crippen LogP contribution in [0.25, 0.3) is 0 Å². The lowest BCUT2D eigenvalue weighted by atomic mass is 9.94. The number of hydrogen-bond donors (Lipinski definition) is 0. The summed E-state index contributed by atoms with van der Waals surface area (Å²) in [5, 5.41) is 0.894. The molecular weight excluding hydrogens is 336 g/mol. The summed E-state index contributed by atoms with van der Waals surface area (Å²) in [6.07, 6.45) is 0. The maximum atomic E-state index is 11.7. The Balaban J connectivity index is 1.86. The highest BCUT2D eigenvalue weighted by Crippen LogP contribution is 2.35. The highest BCUT2D eigenvalue weighted by atomic mass is 35.5. The van der Waals surface area contributed by atoms with Gasteiger partial charge in [-0.25, -0.2) is 9.78 Å². The van der Waals surface area contributed by atoms with E-state index in [-0.39, 0.29) is 5.15 Å². The Kier molecular flexibility index (Phi) is 4.57. The molecule has 1 saturated heterocycles. The van der Waals surface area contributed by atoms with E-state index in [1.165, 1.54) is 18.4 Å². The second kappa shape index (κ2) is 6.47. The largest absolute Gasteiger partial charge is 0.465 e. The second-order valence-electron chi connectivity index (χ2n) is 5.47. The fourth-order valence-electron chi connectivity index (χ4n) is 2.64. The summed E-state index contributed by atoms with van der Waals surface area (Å²) >= 11 is 7.31. The molecule has 2 aromatic rings. The summed E-state index contributed by atoms with van der Waals surface area (Å²) in [6.45, 7) is 3.98. The van der Waals surface area contributed by atoms with E-state index in [4.69, 9.17) is 21.1 Å². The SMILES string of the molecule is COC(=O)c1sc(N2CCOC(C)(c3ccccc3)C2)nc1Cl. The van der Waals surface area contributed by atoms with Gasteiger partial charge in [-0.1, -0.05) is 53.3 Å². The zero-order valence-electron chi connectivity index (χ0n) is 12.9. The highest BCUT2D eigenvalue weighted by molar-refractivity contribution is 7.18. The van der Waals surface area contributed by atoms with Gasteiger partial charge in [-0.15, -0.1) is 0 Å². The Morgan fingerprint density at radius 3 is 2.87 bits per heavy atom. The maximum absolute atomic E-state index is 11.7. The van der Waals surface area contributed by atoms with Gasteiger partial charge in [0.15, 0.2) is 15.2 Å². The van der Waals surface area contributed by atoms with Crippen LogP contribution in [-0.2, 0) is 15.1 Å². The van der Waals surface area contributed by atoms with Gasteiger partial charge in [0.2, 0.25) is 0 Å². The third-order valence-corrected chi connectivity index (χ3v) is 5.36. The number of rotatable bonds is 3. The molecule has 1 aliphatic heterocycles. The van der Waals surface area contributed by atoms with Crippen molar-refractivity contribution in [3.05, 3.63) is 45.9 Å². The summed E-state index contributed by atoms with van der Waals surface area (Å²) in [5.41, 5.74) is 0.684. The summed E-state index contributed by atoms with van der Waals surface area (Å²) < 4.78 is 10.8. The summed E-state index contributed by atoms with van der Waals surface area (Å²) in [4.78, 5) is 18.4. The fourth-order valence-corrected chi connectivity index (χ4v) is 3.87. The van der Waals surface area contributed by atoms with Gasteiger partial charge in [0.1, 0.15) is 5.60 Å². The number of aromatic nitrogens is 1. The summed E-state index contributed by atoms with van der Waals surface area (Å²) in [6, 6.07) is 10.1. The minimum atomic E-state index is -0.460. The average Bonchev–Trinajstić information content (AvgIpc) is 2.97. The number of halogens is 1. The van der Waals surface area contributed by atoms with Crippen LogP contribution in [0.15, 0.2) is 30.3 Å². The van der Waals surface area contributed by atoms with E-state index in [0.717, 1.165) is 5.56 Å². The number of morpholine rings is 1. The number of thiazole rings is 1. The van der Waals surface area contributed by atoms with Gasteiger partial charge < -0.3 is 14.4 Å². The topological polar surface area (TPSA) is 51.7 Å². The smallest absolute Gasteiger partial charge is 0.351 e. The van der Waals surface area contributed by atoms with Crippen LogP contribution in [0, 0.1) is 0 Å². The molecule has 1 aromatic carbocycles. The van der Waals surface area contributed by atoms with Gasteiger partial charge in [0.05, 0.1) is 20.3 Å². The first-order valence-electron chi connectivity index (χ1n) is 7.22. The molecule has 23 heavy (non-hydrogen) atoms. The van der Waals surface area contributed by atoms with Crippen LogP contribution >= 0.6 is 22.9 Å². The van der Waals surface area contributed by atoms with Gasteiger partial charge in [-0.05, 0) is 12.5 Å². The Hall–Kier alpha value is -1.63. The number of benzene rings is 1. The molecule has 1 aromatic heterocycles. The van der Waals surface area contributed by atoms with Crippen LogP contribution in [0.4, 0.5) is 5.13 Å². The lowest BCUT2D eigenvalue weighted by Crippen LogP contribution is -2.48. The molecule has 5 nitrogen and oxygen atoms in total. The molecule has 122 valence electrons. The van der Waals surface area contributed by atoms with E-state index in [9.17, 15) is 4.79 Å². The standard InChI is InChI=1S/C16H17ClN2O3S/c1-16(11-6-4-3-5-7-11)10-19(8-9-22-16)15-18-13(17)12(23-15)14(20)21-2/h3-7H,8-10H2,1-2H3. The molecule has 0 aliphatic carbocycles. The lowest BCUT2D eigenvalue weighted by molar-refractivity contribution is -0.0466. The molecule has 0 bridgehead atoms. The molecule has 1 aliphatic rings. The van der Waals surface area contributed by atoms with Crippen molar-refractivity contribution >= 4 is 34.0 Å². The molecule has 1 unspecified atom stereocenters. The molecule has 3 rings (SSSR count). The second-order valence-corrected chi connectivity index (χ2v) is 6.81. The number of esters is 1. The lowest BCUT2D eigenvalue weighted by Gasteiger charge is -2.40. The first-order chi connectivity index (χ1) is 11.0. The fraction of sp³-hybridized carbons (Fsp3) is 0.375. The summed E-state index contributed by atoms with van der Waals surface area (Å²) in [7, 11) is 1.33. The number of nitrogens with zero attached hydrogens (tertiary/aromatic N) is 2. The van der Waals surface area contributed by atoms with E-state index >= 15 is 0 Å². The molecule has 0 N–H and O–H groups in total. The molecule has 7 heteroatoms. The molecule has 0 radical (unpaired) electrons. The molecular formula is C16H17ClN2O3S. The van der Waals surface area contributed by atoms with Crippen LogP contribution in [0.3, 0.4) is 0 Å². The Labute approximate surface area is 143 Å². The van der Waals surface area contributed by atoms with Crippen LogP contribution in [0.1, 0.15) is 22.2 Å². The molecule has 0 saturated carbocycles. The first kappa shape index (κ1) is 16.2. The van der Waals surface area contributed by atoms with E-state index < -0.39 is 11.6 Å². The zero-order chi connectivity index (χ0) is 16.4. The highest BCUT2D eigenvalue weighted by Gasteiger charge is 2.35. The average molecular weight is 353 g/mol. The molecule has 1 fully saturated rings. The number of carbonyl (C=O) groups excluding carboxylic acids is 1. The molecule has 2 heterocycles. The summed E-state index contributed by atoms with van der Waals surface area (Å²) in [5.74, 6) is -0.460. The number of hydrogen-bond acceptors (Lipinski definition) is 6. The monoisotopic (exact) mass is 352 g/mol. The van der Waals surface area contributed by atoms with Gasteiger partial charge >= 0.3 is 5.97 Å². The van der Waals surface area contributed by atoms with Gasteiger partial charge in [-0.3, -0.25) is 0 Å². The van der Waals surface area contributed by atoms with E-state index in [0.29, 0.717) is 29.7 Å². The van der Waals surface area contributed by atoms with Crippen molar-refractivity contribution in [1.82, 2.24) is 4.98 Å². The van der Waals surface area contributed by atoms with Crippen molar-refractivity contribution in [1.29, 1.82) is 0 Å².